The second-order valence-corrected chi connectivity index (χ2v) is 7.62. The summed E-state index contributed by atoms with van der Waals surface area (Å²) in [5.41, 5.74) is -0.369. The van der Waals surface area contributed by atoms with Crippen molar-refractivity contribution < 1.29 is 9.53 Å². The van der Waals surface area contributed by atoms with Crippen LogP contribution in [0.25, 0.3) is 0 Å². The van der Waals surface area contributed by atoms with Gasteiger partial charge in [0, 0.05) is 25.6 Å². The van der Waals surface area contributed by atoms with Crippen molar-refractivity contribution in [2.75, 3.05) is 13.6 Å². The van der Waals surface area contributed by atoms with Crippen LogP contribution in [-0.2, 0) is 9.53 Å². The Labute approximate surface area is 136 Å². The molecule has 0 aromatic rings. The van der Waals surface area contributed by atoms with E-state index in [0.29, 0.717) is 6.42 Å². The van der Waals surface area contributed by atoms with Crippen molar-refractivity contribution in [3.05, 3.63) is 0 Å². The Morgan fingerprint density at radius 1 is 1.00 bits per heavy atom. The number of nitrogens with zero attached hydrogens (tertiary/aromatic N) is 1. The number of esters is 1. The molecule has 0 bridgehead atoms. The molecule has 130 valence electrons. The number of guanidine groups is 1. The van der Waals surface area contributed by atoms with Gasteiger partial charge in [0.1, 0.15) is 5.60 Å². The van der Waals surface area contributed by atoms with Crippen molar-refractivity contribution in [1.82, 2.24) is 10.6 Å². The smallest absolute Gasteiger partial charge is 0.306 e. The summed E-state index contributed by atoms with van der Waals surface area (Å²) in [4.78, 5) is 15.7. The van der Waals surface area contributed by atoms with Gasteiger partial charge in [0.05, 0.1) is 0 Å². The topological polar surface area (TPSA) is 62.7 Å². The largest absolute Gasteiger partial charge is 0.460 e. The maximum atomic E-state index is 11.5. The molecule has 0 amide bonds. The van der Waals surface area contributed by atoms with Crippen LogP contribution >= 0.6 is 0 Å². The van der Waals surface area contributed by atoms with Gasteiger partial charge < -0.3 is 15.4 Å². The van der Waals surface area contributed by atoms with Gasteiger partial charge in [0.2, 0.25) is 0 Å². The van der Waals surface area contributed by atoms with Gasteiger partial charge in [-0.05, 0) is 54.4 Å². The third-order valence-corrected chi connectivity index (χ3v) is 2.74. The van der Waals surface area contributed by atoms with Gasteiger partial charge in [0.15, 0.2) is 5.96 Å². The average Bonchev–Trinajstić information content (AvgIpc) is 2.32. The molecule has 5 heteroatoms. The van der Waals surface area contributed by atoms with Crippen molar-refractivity contribution in [2.24, 2.45) is 4.99 Å². The Kier molecular flexibility index (Phi) is 9.14. The molecule has 0 aromatic carbocycles. The van der Waals surface area contributed by atoms with Crippen molar-refractivity contribution >= 4 is 11.9 Å². The van der Waals surface area contributed by atoms with Crippen molar-refractivity contribution in [1.29, 1.82) is 0 Å². The molecular formula is C17H35N3O2. The molecule has 5 nitrogen and oxygen atoms in total. The summed E-state index contributed by atoms with van der Waals surface area (Å²) in [5.74, 6) is 0.738. The molecule has 0 aromatic heterocycles. The van der Waals surface area contributed by atoms with Crippen LogP contribution in [0.5, 0.6) is 0 Å². The number of carbonyl (C=O) groups excluding carboxylic acids is 1. The average molecular weight is 313 g/mol. The Balaban J connectivity index is 3.64. The van der Waals surface area contributed by atoms with Crippen molar-refractivity contribution in [3.63, 3.8) is 0 Å². The molecule has 0 rings (SSSR count). The van der Waals surface area contributed by atoms with E-state index in [1.807, 2.05) is 20.8 Å². The van der Waals surface area contributed by atoms with E-state index in [1.54, 1.807) is 7.05 Å². The minimum atomic E-state index is -0.378. The molecular weight excluding hydrogens is 278 g/mol. The Morgan fingerprint density at radius 2 is 1.59 bits per heavy atom. The maximum Gasteiger partial charge on any atom is 0.306 e. The first-order valence-corrected chi connectivity index (χ1v) is 8.24. The van der Waals surface area contributed by atoms with Crippen LogP contribution in [0.3, 0.4) is 0 Å². The summed E-state index contributed by atoms with van der Waals surface area (Å²) < 4.78 is 5.28. The van der Waals surface area contributed by atoms with Crippen LogP contribution in [0.4, 0.5) is 0 Å². The Bertz CT molecular complexity index is 352. The second-order valence-electron chi connectivity index (χ2n) is 7.62. The minimum Gasteiger partial charge on any atom is -0.460 e. The number of nitrogens with one attached hydrogen (secondary N) is 2. The normalized spacial score (nSPS) is 13.0. The highest BCUT2D eigenvalue weighted by atomic mass is 16.6. The third-order valence-electron chi connectivity index (χ3n) is 2.74. The van der Waals surface area contributed by atoms with Crippen LogP contribution in [0.1, 0.15) is 73.6 Å². The van der Waals surface area contributed by atoms with E-state index in [0.717, 1.165) is 38.2 Å². The first kappa shape index (κ1) is 20.7. The summed E-state index contributed by atoms with van der Waals surface area (Å²) in [7, 11) is 1.78. The summed E-state index contributed by atoms with van der Waals surface area (Å²) in [6.07, 6.45) is 4.62. The van der Waals surface area contributed by atoms with Gasteiger partial charge >= 0.3 is 5.97 Å². The van der Waals surface area contributed by atoms with Crippen LogP contribution in [0, 0.1) is 0 Å². The summed E-state index contributed by atoms with van der Waals surface area (Å²) in [5, 5.41) is 6.63. The highest BCUT2D eigenvalue weighted by Gasteiger charge is 2.15. The third kappa shape index (κ3) is 13.7. The number of ether oxygens (including phenoxy) is 1. The van der Waals surface area contributed by atoms with Gasteiger partial charge in [-0.25, -0.2) is 0 Å². The quantitative estimate of drug-likeness (QED) is 0.328. The monoisotopic (exact) mass is 313 g/mol. The summed E-state index contributed by atoms with van der Waals surface area (Å²) >= 11 is 0. The first-order valence-electron chi connectivity index (χ1n) is 8.24. The van der Waals surface area contributed by atoms with Gasteiger partial charge in [0.25, 0.3) is 0 Å². The number of rotatable bonds is 7. The molecule has 0 saturated carbocycles. The highest BCUT2D eigenvalue weighted by Crippen LogP contribution is 2.11. The fourth-order valence-electron chi connectivity index (χ4n) is 1.88. The Morgan fingerprint density at radius 3 is 2.09 bits per heavy atom. The molecule has 0 saturated heterocycles. The van der Waals surface area contributed by atoms with Gasteiger partial charge in [-0.1, -0.05) is 12.8 Å². The number of hydrogen-bond acceptors (Lipinski definition) is 3. The molecule has 22 heavy (non-hydrogen) atoms. The van der Waals surface area contributed by atoms with E-state index >= 15 is 0 Å². The Hall–Kier alpha value is -1.26. The number of carbonyl (C=O) groups is 1. The van der Waals surface area contributed by atoms with Crippen molar-refractivity contribution in [2.45, 2.75) is 84.8 Å². The zero-order valence-electron chi connectivity index (χ0n) is 15.5. The second kappa shape index (κ2) is 9.70. The molecule has 0 spiro atoms. The lowest BCUT2D eigenvalue weighted by Crippen LogP contribution is -2.47. The lowest BCUT2D eigenvalue weighted by Gasteiger charge is -2.23. The zero-order valence-corrected chi connectivity index (χ0v) is 15.5. The fraction of sp³-hybridized carbons (Fsp3) is 0.882. The van der Waals surface area contributed by atoms with Gasteiger partial charge in [-0.15, -0.1) is 0 Å². The molecule has 0 fully saturated rings. The first-order chi connectivity index (χ1) is 10.0. The predicted molar refractivity (Wildman–Crippen MR) is 93.2 cm³/mol. The highest BCUT2D eigenvalue weighted by molar-refractivity contribution is 5.80. The molecule has 0 atom stereocenters. The summed E-state index contributed by atoms with van der Waals surface area (Å²) in [6, 6.07) is 0. The van der Waals surface area contributed by atoms with Crippen LogP contribution in [0.15, 0.2) is 4.99 Å². The molecule has 0 aliphatic rings. The molecule has 0 unspecified atom stereocenters. The number of hydrogen-bond donors (Lipinski definition) is 2. The SMILES string of the molecule is CN=C(NCCCCCCC(=O)OC(C)(C)C)NC(C)(C)C. The fourth-order valence-corrected chi connectivity index (χ4v) is 1.88. The van der Waals surface area contributed by atoms with E-state index in [9.17, 15) is 4.79 Å². The molecule has 0 heterocycles. The lowest BCUT2D eigenvalue weighted by atomic mass is 10.1. The van der Waals surface area contributed by atoms with Crippen LogP contribution < -0.4 is 10.6 Å². The molecule has 2 N–H and O–H groups in total. The molecule has 0 radical (unpaired) electrons. The standard InChI is InChI=1S/C17H35N3O2/c1-16(2,3)20-15(18-7)19-13-11-9-8-10-12-14(21)22-17(4,5)6/h8-13H2,1-7H3,(H2,18,19,20). The predicted octanol–water partition coefficient (Wildman–Crippen LogP) is 3.24. The van der Waals surface area contributed by atoms with Crippen LogP contribution in [-0.4, -0.2) is 36.7 Å². The molecule has 0 aliphatic heterocycles. The van der Waals surface area contributed by atoms with Gasteiger partial charge in [-0.3, -0.25) is 9.79 Å². The van der Waals surface area contributed by atoms with E-state index in [-0.39, 0.29) is 17.1 Å². The van der Waals surface area contributed by atoms with E-state index in [4.69, 9.17) is 4.74 Å². The molecule has 0 aliphatic carbocycles. The maximum absolute atomic E-state index is 11.5. The summed E-state index contributed by atoms with van der Waals surface area (Å²) in [6.45, 7) is 12.9. The van der Waals surface area contributed by atoms with E-state index < -0.39 is 0 Å². The number of unbranched alkanes of at least 4 members (excludes halogenated alkanes) is 3. The minimum absolute atomic E-state index is 0.00919. The van der Waals surface area contributed by atoms with E-state index in [1.165, 1.54) is 0 Å². The van der Waals surface area contributed by atoms with Gasteiger partial charge in [-0.2, -0.15) is 0 Å². The van der Waals surface area contributed by atoms with Crippen molar-refractivity contribution in [3.8, 4) is 0 Å². The van der Waals surface area contributed by atoms with E-state index in [2.05, 4.69) is 36.4 Å². The number of aliphatic imine (C=N–C) groups is 1. The lowest BCUT2D eigenvalue weighted by molar-refractivity contribution is -0.154. The van der Waals surface area contributed by atoms with Crippen LogP contribution in [0.2, 0.25) is 0 Å². The zero-order chi connectivity index (χ0) is 17.2.